The summed E-state index contributed by atoms with van der Waals surface area (Å²) < 4.78 is 5.09. The van der Waals surface area contributed by atoms with Gasteiger partial charge in [0.15, 0.2) is 0 Å². The van der Waals surface area contributed by atoms with E-state index in [1.807, 2.05) is 0 Å². The van der Waals surface area contributed by atoms with E-state index in [1.165, 1.54) is 0 Å². The molecule has 0 bridgehead atoms. The summed E-state index contributed by atoms with van der Waals surface area (Å²) in [7, 11) is 0. The second-order valence-corrected chi connectivity index (χ2v) is 6.66. The third-order valence-electron chi connectivity index (χ3n) is 3.08. The number of ether oxygens (including phenoxy) is 1. The van der Waals surface area contributed by atoms with Gasteiger partial charge in [-0.15, -0.1) is 0 Å². The highest BCUT2D eigenvalue weighted by atomic mass is 16.6. The summed E-state index contributed by atoms with van der Waals surface area (Å²) in [5.74, 6) is 0.0115. The number of amidine groups is 1. The van der Waals surface area contributed by atoms with Crippen LogP contribution in [0.3, 0.4) is 0 Å². The lowest BCUT2D eigenvalue weighted by molar-refractivity contribution is -0.137. The van der Waals surface area contributed by atoms with Crippen molar-refractivity contribution < 1.29 is 19.4 Å². The van der Waals surface area contributed by atoms with Crippen molar-refractivity contribution in [3.8, 4) is 0 Å². The van der Waals surface area contributed by atoms with Crippen molar-refractivity contribution in [2.75, 3.05) is 12.0 Å². The highest BCUT2D eigenvalue weighted by molar-refractivity contribution is 5.97. The van der Waals surface area contributed by atoms with Crippen LogP contribution in [0.25, 0.3) is 0 Å². The predicted octanol–water partition coefficient (Wildman–Crippen LogP) is 2.28. The number of hydrogen-bond acceptors (Lipinski definition) is 6. The van der Waals surface area contributed by atoms with Crippen molar-refractivity contribution in [2.24, 2.45) is 10.7 Å². The molecule has 1 rings (SSSR count). The topological polar surface area (TPSA) is 139 Å². The number of carbonyl (C=O) groups is 2. The Morgan fingerprint density at radius 1 is 1.27 bits per heavy atom. The van der Waals surface area contributed by atoms with Crippen LogP contribution in [0.4, 0.5) is 10.6 Å². The van der Waals surface area contributed by atoms with Gasteiger partial charge >= 0.3 is 12.1 Å². The largest absolute Gasteiger partial charge is 0.481 e. The number of aromatic nitrogens is 1. The van der Waals surface area contributed by atoms with E-state index >= 15 is 0 Å². The van der Waals surface area contributed by atoms with E-state index in [2.05, 4.69) is 20.8 Å². The molecule has 0 aromatic carbocycles. The van der Waals surface area contributed by atoms with Gasteiger partial charge in [-0.2, -0.15) is 0 Å². The van der Waals surface area contributed by atoms with Crippen LogP contribution in [-0.2, 0) is 9.53 Å². The van der Waals surface area contributed by atoms with E-state index in [0.717, 1.165) is 12.8 Å². The monoisotopic (exact) mass is 365 g/mol. The zero-order chi connectivity index (χ0) is 19.6. The van der Waals surface area contributed by atoms with Crippen LogP contribution in [-0.4, -0.2) is 40.1 Å². The van der Waals surface area contributed by atoms with Crippen molar-refractivity contribution in [3.05, 3.63) is 23.9 Å². The molecule has 0 saturated heterocycles. The second-order valence-electron chi connectivity index (χ2n) is 6.66. The van der Waals surface area contributed by atoms with E-state index in [9.17, 15) is 9.59 Å². The quantitative estimate of drug-likeness (QED) is 0.228. The highest BCUT2D eigenvalue weighted by Gasteiger charge is 2.15. The molecule has 1 aromatic rings. The molecule has 0 atom stereocenters. The minimum atomic E-state index is -0.783. The van der Waals surface area contributed by atoms with Gasteiger partial charge in [0.2, 0.25) is 0 Å². The molecule has 9 nitrogen and oxygen atoms in total. The fourth-order valence-corrected chi connectivity index (χ4v) is 1.89. The summed E-state index contributed by atoms with van der Waals surface area (Å²) in [6.07, 6.45) is 3.32. The van der Waals surface area contributed by atoms with Crippen molar-refractivity contribution in [3.63, 3.8) is 0 Å². The number of pyridine rings is 1. The maximum atomic E-state index is 11.5. The maximum absolute atomic E-state index is 11.5. The first-order chi connectivity index (χ1) is 12.2. The number of carbonyl (C=O) groups excluding carboxylic acids is 1. The van der Waals surface area contributed by atoms with E-state index in [4.69, 9.17) is 15.6 Å². The molecule has 0 fully saturated rings. The molecule has 0 saturated carbocycles. The van der Waals surface area contributed by atoms with Crippen LogP contribution in [0, 0.1) is 0 Å². The molecule has 26 heavy (non-hydrogen) atoms. The predicted molar refractivity (Wildman–Crippen MR) is 98.9 cm³/mol. The molecule has 5 N–H and O–H groups in total. The first-order valence-corrected chi connectivity index (χ1v) is 8.40. The number of amides is 1. The SMILES string of the molecule is CC(C)(C)OC(=O)NNc1ccc(C(N)=NCCCCCC(=O)O)cn1. The molecule has 1 heterocycles. The molecule has 0 aliphatic rings. The third-order valence-corrected chi connectivity index (χ3v) is 3.08. The third kappa shape index (κ3) is 9.45. The van der Waals surface area contributed by atoms with Crippen molar-refractivity contribution >= 4 is 23.7 Å². The number of hydrogen-bond donors (Lipinski definition) is 4. The zero-order valence-corrected chi connectivity index (χ0v) is 15.4. The van der Waals surface area contributed by atoms with Crippen LogP contribution >= 0.6 is 0 Å². The van der Waals surface area contributed by atoms with Gasteiger partial charge in [0.05, 0.1) is 0 Å². The molecule has 144 valence electrons. The molecule has 0 spiro atoms. The Hall–Kier alpha value is -2.84. The van der Waals surface area contributed by atoms with E-state index < -0.39 is 17.7 Å². The van der Waals surface area contributed by atoms with E-state index in [-0.39, 0.29) is 6.42 Å². The average molecular weight is 365 g/mol. The van der Waals surface area contributed by atoms with Gasteiger partial charge in [-0.05, 0) is 45.7 Å². The lowest BCUT2D eigenvalue weighted by Gasteiger charge is -2.19. The number of nitrogens with one attached hydrogen (secondary N) is 2. The lowest BCUT2D eigenvalue weighted by atomic mass is 10.2. The summed E-state index contributed by atoms with van der Waals surface area (Å²) >= 11 is 0. The maximum Gasteiger partial charge on any atom is 0.426 e. The molecule has 0 radical (unpaired) electrons. The number of carboxylic acid groups (broad SMARTS) is 1. The van der Waals surface area contributed by atoms with Gasteiger partial charge in [-0.25, -0.2) is 15.2 Å². The highest BCUT2D eigenvalue weighted by Crippen LogP contribution is 2.08. The number of aliphatic carboxylic acids is 1. The van der Waals surface area contributed by atoms with Gasteiger partial charge in [-0.3, -0.25) is 15.2 Å². The fourth-order valence-electron chi connectivity index (χ4n) is 1.89. The van der Waals surface area contributed by atoms with Crippen molar-refractivity contribution in [2.45, 2.75) is 52.1 Å². The number of nitrogens with two attached hydrogens (primary N) is 1. The first kappa shape index (κ1) is 21.2. The zero-order valence-electron chi connectivity index (χ0n) is 15.4. The summed E-state index contributed by atoms with van der Waals surface area (Å²) in [6.45, 7) is 5.85. The van der Waals surface area contributed by atoms with Crippen LogP contribution in [0.15, 0.2) is 23.3 Å². The minimum absolute atomic E-state index is 0.176. The van der Waals surface area contributed by atoms with Gasteiger partial charge in [0, 0.05) is 24.7 Å². The number of aliphatic imine (C=N–C) groups is 1. The van der Waals surface area contributed by atoms with Crippen molar-refractivity contribution in [1.29, 1.82) is 0 Å². The number of rotatable bonds is 9. The number of nitrogens with zero attached hydrogens (tertiary/aromatic N) is 2. The second kappa shape index (κ2) is 10.2. The smallest absolute Gasteiger partial charge is 0.426 e. The summed E-state index contributed by atoms with van der Waals surface area (Å²) in [4.78, 5) is 30.3. The molecule has 1 amide bonds. The standard InChI is InChI=1S/C17H27N5O4/c1-17(2,3)26-16(25)22-21-13-9-8-12(11-20-13)15(18)19-10-6-4-5-7-14(23)24/h8-9,11H,4-7,10H2,1-3H3,(H2,18,19)(H,20,21)(H,22,25)(H,23,24). The molecule has 0 aliphatic heterocycles. The Bertz CT molecular complexity index is 623. The van der Waals surface area contributed by atoms with Crippen molar-refractivity contribution in [1.82, 2.24) is 10.4 Å². The van der Waals surface area contributed by atoms with Gasteiger partial charge < -0.3 is 15.6 Å². The molecule has 1 aromatic heterocycles. The normalized spacial score (nSPS) is 11.7. The Balaban J connectivity index is 2.39. The number of unbranched alkanes of at least 4 members (excludes halogenated alkanes) is 2. The minimum Gasteiger partial charge on any atom is -0.481 e. The average Bonchev–Trinajstić information content (AvgIpc) is 2.54. The van der Waals surface area contributed by atoms with Crippen LogP contribution in [0.1, 0.15) is 52.0 Å². The summed E-state index contributed by atoms with van der Waals surface area (Å²) in [6, 6.07) is 3.39. The molecular weight excluding hydrogens is 338 g/mol. The molecule has 0 aliphatic carbocycles. The number of hydrazine groups is 1. The number of carboxylic acids is 1. The van der Waals surface area contributed by atoms with Gasteiger partial charge in [-0.1, -0.05) is 6.42 Å². The van der Waals surface area contributed by atoms with E-state index in [0.29, 0.717) is 30.2 Å². The number of anilines is 1. The molecule has 0 unspecified atom stereocenters. The van der Waals surface area contributed by atoms with Gasteiger partial charge in [0.1, 0.15) is 17.3 Å². The van der Waals surface area contributed by atoms with Crippen LogP contribution in [0.2, 0.25) is 0 Å². The fraction of sp³-hybridized carbons (Fsp3) is 0.529. The Morgan fingerprint density at radius 2 is 2.00 bits per heavy atom. The summed E-state index contributed by atoms with van der Waals surface area (Å²) in [5, 5.41) is 8.56. The molecule has 9 heteroatoms. The Kier molecular flexibility index (Phi) is 8.33. The lowest BCUT2D eigenvalue weighted by Crippen LogP contribution is -2.36. The van der Waals surface area contributed by atoms with Crippen LogP contribution in [0.5, 0.6) is 0 Å². The first-order valence-electron chi connectivity index (χ1n) is 8.40. The van der Waals surface area contributed by atoms with Gasteiger partial charge in [0.25, 0.3) is 0 Å². The Labute approximate surface area is 153 Å². The Morgan fingerprint density at radius 3 is 2.58 bits per heavy atom. The molecular formula is C17H27N5O4. The van der Waals surface area contributed by atoms with E-state index in [1.54, 1.807) is 39.1 Å². The summed E-state index contributed by atoms with van der Waals surface area (Å²) in [5.41, 5.74) is 11.0. The van der Waals surface area contributed by atoms with Crippen LogP contribution < -0.4 is 16.6 Å².